The molecule has 0 aliphatic carbocycles. The lowest BCUT2D eigenvalue weighted by Gasteiger charge is -2.29. The number of rotatable bonds is 3. The lowest BCUT2D eigenvalue weighted by Crippen LogP contribution is -2.46. The zero-order chi connectivity index (χ0) is 13.3. The number of carbonyl (C=O) groups is 1. The third-order valence-electron chi connectivity index (χ3n) is 3.39. The average Bonchev–Trinajstić information content (AvgIpc) is 2.37. The Bertz CT molecular complexity index is 593. The minimum atomic E-state index is -0.994. The van der Waals surface area contributed by atoms with Gasteiger partial charge in [0.05, 0.1) is 5.52 Å². The van der Waals surface area contributed by atoms with Crippen LogP contribution in [0.4, 0.5) is 0 Å². The van der Waals surface area contributed by atoms with Crippen LogP contribution in [0.1, 0.15) is 19.4 Å². The quantitative estimate of drug-likeness (QED) is 0.864. The van der Waals surface area contributed by atoms with Gasteiger partial charge in [-0.3, -0.25) is 9.78 Å². The van der Waals surface area contributed by atoms with Crippen molar-refractivity contribution < 1.29 is 9.90 Å². The van der Waals surface area contributed by atoms with Gasteiger partial charge >= 0.3 is 5.97 Å². The van der Waals surface area contributed by atoms with Crippen LogP contribution in [0.3, 0.4) is 0 Å². The molecule has 1 aromatic carbocycles. The van der Waals surface area contributed by atoms with Gasteiger partial charge in [0.2, 0.25) is 0 Å². The van der Waals surface area contributed by atoms with E-state index in [0.29, 0.717) is 0 Å². The third kappa shape index (κ3) is 2.07. The Morgan fingerprint density at radius 1 is 1.39 bits per heavy atom. The van der Waals surface area contributed by atoms with Crippen molar-refractivity contribution in [3.63, 3.8) is 0 Å². The largest absolute Gasteiger partial charge is 0.480 e. The highest BCUT2D eigenvalue weighted by molar-refractivity contribution is 5.80. The molecule has 1 atom stereocenters. The molecular formula is C14H16N2O2. The van der Waals surface area contributed by atoms with E-state index in [1.54, 1.807) is 6.20 Å². The fourth-order valence-corrected chi connectivity index (χ4v) is 1.96. The van der Waals surface area contributed by atoms with Gasteiger partial charge in [0.1, 0.15) is 6.04 Å². The normalized spacial score (nSPS) is 13.5. The summed E-state index contributed by atoms with van der Waals surface area (Å²) < 4.78 is 0. The summed E-state index contributed by atoms with van der Waals surface area (Å²) in [5, 5.41) is 10.0. The number of aromatic nitrogens is 1. The first-order valence-corrected chi connectivity index (χ1v) is 5.76. The predicted octanol–water partition coefficient (Wildman–Crippen LogP) is 1.92. The second kappa shape index (κ2) is 4.38. The summed E-state index contributed by atoms with van der Waals surface area (Å²) in [6.45, 7) is 3.67. The van der Waals surface area contributed by atoms with Gasteiger partial charge in [-0.05, 0) is 23.8 Å². The van der Waals surface area contributed by atoms with Crippen molar-refractivity contribution in [2.24, 2.45) is 5.73 Å². The van der Waals surface area contributed by atoms with Crippen LogP contribution in [-0.4, -0.2) is 22.1 Å². The smallest absolute Gasteiger partial charge is 0.321 e. The van der Waals surface area contributed by atoms with Crippen molar-refractivity contribution in [1.29, 1.82) is 0 Å². The maximum Gasteiger partial charge on any atom is 0.321 e. The molecule has 0 spiro atoms. The van der Waals surface area contributed by atoms with Gasteiger partial charge in [0, 0.05) is 17.0 Å². The summed E-state index contributed by atoms with van der Waals surface area (Å²) in [6.07, 6.45) is 1.73. The molecule has 0 saturated carbocycles. The molecule has 4 nitrogen and oxygen atoms in total. The maximum atomic E-state index is 11.0. The molecule has 2 aromatic rings. The fraction of sp³-hybridized carbons (Fsp3) is 0.286. The molecule has 18 heavy (non-hydrogen) atoms. The molecule has 0 radical (unpaired) electrons. The number of carboxylic acids is 1. The third-order valence-corrected chi connectivity index (χ3v) is 3.39. The van der Waals surface area contributed by atoms with Crippen molar-refractivity contribution in [3.8, 4) is 0 Å². The summed E-state index contributed by atoms with van der Waals surface area (Å²) >= 11 is 0. The minimum Gasteiger partial charge on any atom is -0.480 e. The molecule has 0 amide bonds. The average molecular weight is 244 g/mol. The summed E-state index contributed by atoms with van der Waals surface area (Å²) in [5.41, 5.74) is 6.92. The molecule has 0 bridgehead atoms. The summed E-state index contributed by atoms with van der Waals surface area (Å²) in [7, 11) is 0. The van der Waals surface area contributed by atoms with E-state index >= 15 is 0 Å². The van der Waals surface area contributed by atoms with E-state index < -0.39 is 17.4 Å². The van der Waals surface area contributed by atoms with Gasteiger partial charge < -0.3 is 10.8 Å². The van der Waals surface area contributed by atoms with E-state index in [1.807, 2.05) is 44.2 Å². The Morgan fingerprint density at radius 3 is 2.78 bits per heavy atom. The van der Waals surface area contributed by atoms with E-state index in [1.165, 1.54) is 0 Å². The van der Waals surface area contributed by atoms with Crippen LogP contribution >= 0.6 is 0 Å². The zero-order valence-corrected chi connectivity index (χ0v) is 10.4. The first-order chi connectivity index (χ1) is 8.43. The number of pyridine rings is 1. The fourth-order valence-electron chi connectivity index (χ4n) is 1.96. The van der Waals surface area contributed by atoms with Crippen LogP contribution in [0.5, 0.6) is 0 Å². The zero-order valence-electron chi connectivity index (χ0n) is 10.4. The minimum absolute atomic E-state index is 0.629. The summed E-state index contributed by atoms with van der Waals surface area (Å²) in [5.74, 6) is -0.994. The van der Waals surface area contributed by atoms with E-state index in [0.717, 1.165) is 16.5 Å². The van der Waals surface area contributed by atoms with Crippen molar-refractivity contribution >= 4 is 16.9 Å². The van der Waals surface area contributed by atoms with Gasteiger partial charge in [0.25, 0.3) is 0 Å². The first-order valence-electron chi connectivity index (χ1n) is 5.76. The lowest BCUT2D eigenvalue weighted by atomic mass is 9.78. The van der Waals surface area contributed by atoms with E-state index in [9.17, 15) is 4.79 Å². The van der Waals surface area contributed by atoms with Crippen LogP contribution in [0.25, 0.3) is 10.9 Å². The van der Waals surface area contributed by atoms with Gasteiger partial charge in [-0.1, -0.05) is 26.0 Å². The van der Waals surface area contributed by atoms with Gasteiger partial charge in [0.15, 0.2) is 0 Å². The molecule has 1 unspecified atom stereocenters. The number of hydrogen-bond donors (Lipinski definition) is 2. The van der Waals surface area contributed by atoms with Gasteiger partial charge in [-0.15, -0.1) is 0 Å². The topological polar surface area (TPSA) is 76.2 Å². The highest BCUT2D eigenvalue weighted by atomic mass is 16.4. The number of nitrogens with zero attached hydrogens (tertiary/aromatic N) is 1. The monoisotopic (exact) mass is 244 g/mol. The number of nitrogens with two attached hydrogens (primary N) is 1. The number of benzene rings is 1. The molecule has 94 valence electrons. The van der Waals surface area contributed by atoms with Gasteiger partial charge in [-0.2, -0.15) is 0 Å². The summed E-state index contributed by atoms with van der Waals surface area (Å²) in [6, 6.07) is 8.60. The van der Waals surface area contributed by atoms with Crippen LogP contribution in [-0.2, 0) is 10.2 Å². The Hall–Kier alpha value is -1.94. The van der Waals surface area contributed by atoms with Crippen LogP contribution in [0.15, 0.2) is 36.5 Å². The number of hydrogen-bond acceptors (Lipinski definition) is 3. The van der Waals surface area contributed by atoms with Crippen molar-refractivity contribution in [2.75, 3.05) is 0 Å². The molecule has 0 aliphatic rings. The SMILES string of the molecule is CC(C)(c1ccc2ncccc2c1)C(N)C(=O)O. The van der Waals surface area contributed by atoms with Crippen LogP contribution in [0, 0.1) is 0 Å². The second-order valence-corrected chi connectivity index (χ2v) is 4.95. The Balaban J connectivity index is 2.50. The van der Waals surface area contributed by atoms with Crippen molar-refractivity contribution in [1.82, 2.24) is 4.98 Å². The van der Waals surface area contributed by atoms with Gasteiger partial charge in [-0.25, -0.2) is 0 Å². The highest BCUT2D eigenvalue weighted by Crippen LogP contribution is 2.28. The van der Waals surface area contributed by atoms with Crippen molar-refractivity contribution in [3.05, 3.63) is 42.1 Å². The second-order valence-electron chi connectivity index (χ2n) is 4.95. The maximum absolute atomic E-state index is 11.0. The van der Waals surface area contributed by atoms with E-state index in [-0.39, 0.29) is 0 Å². The first kappa shape index (κ1) is 12.5. The van der Waals surface area contributed by atoms with E-state index in [2.05, 4.69) is 4.98 Å². The summed E-state index contributed by atoms with van der Waals surface area (Å²) in [4.78, 5) is 15.3. The lowest BCUT2D eigenvalue weighted by molar-refractivity contribution is -0.140. The molecule has 0 saturated heterocycles. The molecule has 0 fully saturated rings. The number of fused-ring (bicyclic) bond motifs is 1. The Labute approximate surface area is 105 Å². The molecule has 4 heteroatoms. The van der Waals surface area contributed by atoms with Crippen LogP contribution in [0.2, 0.25) is 0 Å². The molecule has 2 rings (SSSR count). The molecule has 1 aromatic heterocycles. The number of aliphatic carboxylic acids is 1. The standard InChI is InChI=1S/C14H16N2O2/c1-14(2,12(15)13(17)18)10-5-6-11-9(8-10)4-3-7-16-11/h3-8,12H,15H2,1-2H3,(H,17,18). The van der Waals surface area contributed by atoms with Crippen molar-refractivity contribution in [2.45, 2.75) is 25.3 Å². The highest BCUT2D eigenvalue weighted by Gasteiger charge is 2.33. The number of carboxylic acid groups (broad SMARTS) is 1. The Kier molecular flexibility index (Phi) is 3.05. The molecule has 0 aliphatic heterocycles. The predicted molar refractivity (Wildman–Crippen MR) is 70.4 cm³/mol. The van der Waals surface area contributed by atoms with Crippen LogP contribution < -0.4 is 5.73 Å². The molecule has 3 N–H and O–H groups in total. The van der Waals surface area contributed by atoms with E-state index in [4.69, 9.17) is 10.8 Å². The molecule has 1 heterocycles. The Morgan fingerprint density at radius 2 is 2.11 bits per heavy atom. The molecular weight excluding hydrogens is 228 g/mol.